The van der Waals surface area contributed by atoms with Crippen molar-refractivity contribution >= 4 is 35.0 Å². The average Bonchev–Trinajstić information content (AvgIpc) is 3.19. The monoisotopic (exact) mass is 355 g/mol. The van der Waals surface area contributed by atoms with Crippen molar-refractivity contribution in [1.29, 1.82) is 0 Å². The third-order valence-electron chi connectivity index (χ3n) is 4.48. The van der Waals surface area contributed by atoms with Gasteiger partial charge in [-0.05, 0) is 11.4 Å². The number of nitrogens with zero attached hydrogens (tertiary/aromatic N) is 1. The minimum Gasteiger partial charge on any atom is -0.481 e. The summed E-state index contributed by atoms with van der Waals surface area (Å²) in [4.78, 5) is 26.4. The highest BCUT2D eigenvalue weighted by Gasteiger charge is 2.40. The van der Waals surface area contributed by atoms with Gasteiger partial charge in [-0.15, -0.1) is 23.1 Å². The molecule has 3 rings (SSSR count). The van der Waals surface area contributed by atoms with E-state index in [1.165, 1.54) is 11.3 Å². The van der Waals surface area contributed by atoms with Gasteiger partial charge in [0.2, 0.25) is 5.91 Å². The van der Waals surface area contributed by atoms with Crippen LogP contribution in [0.2, 0.25) is 0 Å². The molecule has 5 nitrogen and oxygen atoms in total. The summed E-state index contributed by atoms with van der Waals surface area (Å²) in [6.07, 6.45) is 2.01. The molecule has 0 saturated carbocycles. The number of aliphatic carboxylic acids is 1. The number of piperidine rings is 1. The lowest BCUT2D eigenvalue weighted by molar-refractivity contribution is -0.138. The van der Waals surface area contributed by atoms with Crippen LogP contribution in [-0.2, 0) is 14.3 Å². The van der Waals surface area contributed by atoms with E-state index in [4.69, 9.17) is 9.84 Å². The van der Waals surface area contributed by atoms with Crippen molar-refractivity contribution < 1.29 is 19.4 Å². The van der Waals surface area contributed by atoms with Gasteiger partial charge in [0.25, 0.3) is 0 Å². The van der Waals surface area contributed by atoms with Gasteiger partial charge in [0.1, 0.15) is 4.93 Å². The molecule has 1 aromatic heterocycles. The maximum atomic E-state index is 12.6. The normalized spacial score (nSPS) is 21.5. The summed E-state index contributed by atoms with van der Waals surface area (Å²) in [6.45, 7) is 2.21. The van der Waals surface area contributed by atoms with Crippen LogP contribution < -0.4 is 0 Å². The van der Waals surface area contributed by atoms with Gasteiger partial charge in [-0.3, -0.25) is 9.59 Å². The fourth-order valence-corrected chi connectivity index (χ4v) is 5.24. The van der Waals surface area contributed by atoms with Crippen LogP contribution in [0.1, 0.15) is 36.5 Å². The number of hydrogen-bond acceptors (Lipinski definition) is 5. The zero-order valence-electron chi connectivity index (χ0n) is 12.9. The molecular weight excluding hydrogens is 334 g/mol. The molecular formula is C16H21NO4S2. The first-order chi connectivity index (χ1) is 11.1. The Morgan fingerprint density at radius 3 is 2.70 bits per heavy atom. The highest BCUT2D eigenvalue weighted by atomic mass is 32.2. The number of carboxylic acids is 1. The maximum Gasteiger partial charge on any atom is 0.304 e. The van der Waals surface area contributed by atoms with Crippen molar-refractivity contribution in [2.75, 3.05) is 25.4 Å². The molecule has 0 bridgehead atoms. The molecule has 2 aliphatic rings. The number of carbonyl (C=O) groups excluding carboxylic acids is 1. The molecule has 7 heteroatoms. The van der Waals surface area contributed by atoms with Crippen molar-refractivity contribution in [3.05, 3.63) is 22.4 Å². The van der Waals surface area contributed by atoms with Crippen molar-refractivity contribution in [3.8, 4) is 0 Å². The molecule has 2 fully saturated rings. The predicted molar refractivity (Wildman–Crippen MR) is 90.9 cm³/mol. The Kier molecular flexibility index (Phi) is 5.28. The van der Waals surface area contributed by atoms with E-state index in [2.05, 4.69) is 0 Å². The molecule has 1 spiro atoms. The summed E-state index contributed by atoms with van der Waals surface area (Å²) in [5.41, 5.74) is 0. The number of hydrogen-bond donors (Lipinski definition) is 1. The van der Waals surface area contributed by atoms with E-state index in [1.807, 2.05) is 34.2 Å². The minimum absolute atomic E-state index is 0.00297. The minimum atomic E-state index is -0.857. The number of amides is 1. The van der Waals surface area contributed by atoms with Crippen molar-refractivity contribution in [2.24, 2.45) is 0 Å². The van der Waals surface area contributed by atoms with E-state index in [9.17, 15) is 9.59 Å². The summed E-state index contributed by atoms with van der Waals surface area (Å²) in [7, 11) is 0. The molecule has 126 valence electrons. The van der Waals surface area contributed by atoms with Gasteiger partial charge in [0.05, 0.1) is 13.0 Å². The Morgan fingerprint density at radius 2 is 2.13 bits per heavy atom. The SMILES string of the molecule is O=C(O)C[C@@H](CC(=O)N1CCC2(CC1)OCCS2)c1cccs1. The van der Waals surface area contributed by atoms with Crippen LogP contribution in [-0.4, -0.2) is 52.3 Å². The Hall–Kier alpha value is -1.05. The summed E-state index contributed by atoms with van der Waals surface area (Å²) in [5, 5.41) is 11.0. The molecule has 1 aromatic rings. The second kappa shape index (κ2) is 7.23. The first-order valence-electron chi connectivity index (χ1n) is 7.89. The van der Waals surface area contributed by atoms with Gasteiger partial charge in [0, 0.05) is 48.9 Å². The van der Waals surface area contributed by atoms with E-state index in [1.54, 1.807) is 0 Å². The van der Waals surface area contributed by atoms with Crippen LogP contribution in [0.3, 0.4) is 0 Å². The third-order valence-corrected chi connectivity index (χ3v) is 6.94. The number of thiophene rings is 1. The second-order valence-electron chi connectivity index (χ2n) is 6.00. The van der Waals surface area contributed by atoms with Crippen LogP contribution in [0.15, 0.2) is 17.5 Å². The molecule has 1 atom stereocenters. The van der Waals surface area contributed by atoms with Gasteiger partial charge in [-0.25, -0.2) is 0 Å². The molecule has 3 heterocycles. The topological polar surface area (TPSA) is 66.8 Å². The molecule has 1 amide bonds. The summed E-state index contributed by atoms with van der Waals surface area (Å²) in [6, 6.07) is 3.82. The molecule has 0 radical (unpaired) electrons. The number of carbonyl (C=O) groups is 2. The molecule has 2 aliphatic heterocycles. The third kappa shape index (κ3) is 4.08. The van der Waals surface area contributed by atoms with E-state index in [-0.39, 0.29) is 29.6 Å². The van der Waals surface area contributed by atoms with Gasteiger partial charge in [-0.1, -0.05) is 6.07 Å². The van der Waals surface area contributed by atoms with E-state index >= 15 is 0 Å². The first-order valence-corrected chi connectivity index (χ1v) is 9.75. The Bertz CT molecular complexity index is 544. The Morgan fingerprint density at radius 1 is 1.35 bits per heavy atom. The van der Waals surface area contributed by atoms with Crippen LogP contribution >= 0.6 is 23.1 Å². The predicted octanol–water partition coefficient (Wildman–Crippen LogP) is 2.78. The maximum absolute atomic E-state index is 12.6. The molecule has 0 unspecified atom stereocenters. The molecule has 23 heavy (non-hydrogen) atoms. The zero-order chi connectivity index (χ0) is 16.3. The van der Waals surface area contributed by atoms with Gasteiger partial charge >= 0.3 is 5.97 Å². The van der Waals surface area contributed by atoms with E-state index in [0.717, 1.165) is 30.1 Å². The largest absolute Gasteiger partial charge is 0.481 e. The summed E-state index contributed by atoms with van der Waals surface area (Å²) >= 11 is 3.38. The average molecular weight is 355 g/mol. The smallest absolute Gasteiger partial charge is 0.304 e. The van der Waals surface area contributed by atoms with Crippen LogP contribution in [0, 0.1) is 0 Å². The van der Waals surface area contributed by atoms with Crippen LogP contribution in [0.25, 0.3) is 0 Å². The second-order valence-corrected chi connectivity index (χ2v) is 8.42. The highest BCUT2D eigenvalue weighted by Crippen LogP contribution is 2.41. The lowest BCUT2D eigenvalue weighted by Gasteiger charge is -2.38. The lowest BCUT2D eigenvalue weighted by Crippen LogP contribution is -2.45. The van der Waals surface area contributed by atoms with Gasteiger partial charge in [-0.2, -0.15) is 0 Å². The van der Waals surface area contributed by atoms with Gasteiger partial charge in [0.15, 0.2) is 0 Å². The molecule has 0 aliphatic carbocycles. The summed E-state index contributed by atoms with van der Waals surface area (Å²) < 4.78 is 5.85. The fraction of sp³-hybridized carbons (Fsp3) is 0.625. The molecule has 2 saturated heterocycles. The number of rotatable bonds is 5. The number of likely N-dealkylation sites (tertiary alicyclic amines) is 1. The zero-order valence-corrected chi connectivity index (χ0v) is 14.5. The molecule has 0 aromatic carbocycles. The van der Waals surface area contributed by atoms with Crippen molar-refractivity contribution in [1.82, 2.24) is 4.90 Å². The van der Waals surface area contributed by atoms with Crippen LogP contribution in [0.4, 0.5) is 0 Å². The van der Waals surface area contributed by atoms with E-state index < -0.39 is 5.97 Å². The number of thioether (sulfide) groups is 1. The number of ether oxygens (including phenoxy) is 1. The molecule has 1 N–H and O–H groups in total. The standard InChI is InChI=1S/C16H21NO4S2/c18-14(10-12(11-15(19)20)13-2-1-8-22-13)17-5-3-16(4-6-17)21-7-9-23-16/h1-2,8,12H,3-7,9-11H2,(H,19,20)/t12-/m1/s1. The van der Waals surface area contributed by atoms with Gasteiger partial charge < -0.3 is 14.7 Å². The van der Waals surface area contributed by atoms with Crippen molar-refractivity contribution in [2.45, 2.75) is 36.5 Å². The Balaban J connectivity index is 1.58. The van der Waals surface area contributed by atoms with Crippen LogP contribution in [0.5, 0.6) is 0 Å². The number of carboxylic acid groups (broad SMARTS) is 1. The fourth-order valence-electron chi connectivity index (χ4n) is 3.23. The highest BCUT2D eigenvalue weighted by molar-refractivity contribution is 8.00. The lowest BCUT2D eigenvalue weighted by atomic mass is 9.97. The van der Waals surface area contributed by atoms with Crippen molar-refractivity contribution in [3.63, 3.8) is 0 Å². The Labute approximate surface area is 144 Å². The quantitative estimate of drug-likeness (QED) is 0.880. The summed E-state index contributed by atoms with van der Waals surface area (Å²) in [5.74, 6) is 0.00699. The van der Waals surface area contributed by atoms with E-state index in [0.29, 0.717) is 13.1 Å². The first kappa shape index (κ1) is 16.8.